The van der Waals surface area contributed by atoms with Crippen LogP contribution in [0.3, 0.4) is 0 Å². The van der Waals surface area contributed by atoms with E-state index in [2.05, 4.69) is 5.32 Å². The topological polar surface area (TPSA) is 94.2 Å². The van der Waals surface area contributed by atoms with E-state index < -0.39 is 16.1 Å². The second-order valence-corrected chi connectivity index (χ2v) is 9.85. The van der Waals surface area contributed by atoms with Crippen LogP contribution >= 0.6 is 0 Å². The number of benzene rings is 2. The van der Waals surface area contributed by atoms with E-state index in [1.54, 1.807) is 12.1 Å². The molecule has 1 aliphatic heterocycles. The van der Waals surface area contributed by atoms with Crippen molar-refractivity contribution >= 4 is 15.9 Å². The smallest absolute Gasteiger partial charge is 0.261 e. The van der Waals surface area contributed by atoms with Crippen LogP contribution in [0.2, 0.25) is 0 Å². The predicted octanol–water partition coefficient (Wildman–Crippen LogP) is 2.68. The van der Waals surface area contributed by atoms with Gasteiger partial charge in [0, 0.05) is 13.1 Å². The Kier molecular flexibility index (Phi) is 8.71. The fourth-order valence-corrected chi connectivity index (χ4v) is 4.82. The van der Waals surface area contributed by atoms with Crippen molar-refractivity contribution in [3.8, 4) is 11.5 Å². The first-order valence-corrected chi connectivity index (χ1v) is 12.6. The summed E-state index contributed by atoms with van der Waals surface area (Å²) in [4.78, 5) is 12.7. The van der Waals surface area contributed by atoms with Crippen LogP contribution in [0.4, 0.5) is 0 Å². The van der Waals surface area contributed by atoms with Crippen molar-refractivity contribution in [2.75, 3.05) is 39.5 Å². The third kappa shape index (κ3) is 6.69. The van der Waals surface area contributed by atoms with Crippen molar-refractivity contribution in [1.82, 2.24) is 9.62 Å². The molecule has 1 N–H and O–H groups in total. The minimum absolute atomic E-state index is 0.200. The monoisotopic (exact) mass is 476 g/mol. The highest BCUT2D eigenvalue weighted by atomic mass is 32.2. The molecule has 0 unspecified atom stereocenters. The lowest BCUT2D eigenvalue weighted by atomic mass is 10.1. The quantitative estimate of drug-likeness (QED) is 0.530. The summed E-state index contributed by atoms with van der Waals surface area (Å²) in [7, 11) is -3.53. The van der Waals surface area contributed by atoms with E-state index in [9.17, 15) is 13.2 Å². The Bertz CT molecular complexity index is 1030. The highest BCUT2D eigenvalue weighted by Crippen LogP contribution is 2.22. The molecule has 1 amide bonds. The number of carbonyl (C=O) groups excluding carboxylic acids is 1. The Hall–Kier alpha value is -2.62. The van der Waals surface area contributed by atoms with Gasteiger partial charge in [-0.15, -0.1) is 0 Å². The summed E-state index contributed by atoms with van der Waals surface area (Å²) in [6, 6.07) is 12.2. The molecule has 1 heterocycles. The fourth-order valence-electron chi connectivity index (χ4n) is 3.41. The number of nitrogens with one attached hydrogen (secondary N) is 1. The summed E-state index contributed by atoms with van der Waals surface area (Å²) in [5.74, 6) is 1.04. The third-order valence-electron chi connectivity index (χ3n) is 5.38. The van der Waals surface area contributed by atoms with Crippen molar-refractivity contribution in [2.24, 2.45) is 0 Å². The molecule has 2 aromatic carbocycles. The van der Waals surface area contributed by atoms with Gasteiger partial charge in [0.1, 0.15) is 18.1 Å². The van der Waals surface area contributed by atoms with E-state index in [0.717, 1.165) is 11.1 Å². The maximum atomic E-state index is 12.7. The second kappa shape index (κ2) is 11.5. The molecule has 0 aromatic heterocycles. The lowest BCUT2D eigenvalue weighted by Gasteiger charge is -2.26. The molecule has 180 valence electrons. The van der Waals surface area contributed by atoms with Gasteiger partial charge in [-0.05, 0) is 61.7 Å². The van der Waals surface area contributed by atoms with E-state index >= 15 is 0 Å². The highest BCUT2D eigenvalue weighted by molar-refractivity contribution is 7.89. The summed E-state index contributed by atoms with van der Waals surface area (Å²) in [6.07, 6.45) is -0.0470. The molecule has 0 saturated carbocycles. The molecule has 8 nitrogen and oxygen atoms in total. The Balaban J connectivity index is 1.47. The molecule has 33 heavy (non-hydrogen) atoms. The van der Waals surface area contributed by atoms with E-state index in [1.165, 1.54) is 16.4 Å². The van der Waals surface area contributed by atoms with E-state index in [-0.39, 0.29) is 17.4 Å². The summed E-state index contributed by atoms with van der Waals surface area (Å²) in [5, 5.41) is 2.83. The number of rotatable bonds is 10. The van der Waals surface area contributed by atoms with Gasteiger partial charge in [-0.1, -0.05) is 19.1 Å². The van der Waals surface area contributed by atoms with Crippen LogP contribution in [0.5, 0.6) is 11.5 Å². The fraction of sp³-hybridized carbons (Fsp3) is 0.458. The van der Waals surface area contributed by atoms with Gasteiger partial charge in [0.2, 0.25) is 10.0 Å². The molecule has 1 fully saturated rings. The molecule has 1 saturated heterocycles. The molecular weight excluding hydrogens is 444 g/mol. The van der Waals surface area contributed by atoms with E-state index in [4.69, 9.17) is 14.2 Å². The molecular formula is C24H32N2O6S. The van der Waals surface area contributed by atoms with Crippen molar-refractivity contribution in [3.05, 3.63) is 53.6 Å². The number of sulfonamides is 1. The number of aryl methyl sites for hydroxylation is 2. The van der Waals surface area contributed by atoms with Crippen molar-refractivity contribution in [3.63, 3.8) is 0 Å². The van der Waals surface area contributed by atoms with Crippen LogP contribution in [-0.2, 0) is 19.6 Å². The van der Waals surface area contributed by atoms with Crippen LogP contribution < -0.4 is 14.8 Å². The van der Waals surface area contributed by atoms with E-state index in [0.29, 0.717) is 50.8 Å². The largest absolute Gasteiger partial charge is 0.492 e. The van der Waals surface area contributed by atoms with Gasteiger partial charge in [0.15, 0.2) is 6.10 Å². The zero-order valence-electron chi connectivity index (χ0n) is 19.4. The molecule has 0 radical (unpaired) electrons. The Morgan fingerprint density at radius 3 is 2.48 bits per heavy atom. The van der Waals surface area contributed by atoms with Gasteiger partial charge >= 0.3 is 0 Å². The number of hydrogen-bond donors (Lipinski definition) is 1. The number of morpholine rings is 1. The number of ether oxygens (including phenoxy) is 3. The van der Waals surface area contributed by atoms with Crippen LogP contribution in [-0.4, -0.2) is 64.2 Å². The van der Waals surface area contributed by atoms with Gasteiger partial charge in [-0.2, -0.15) is 4.31 Å². The van der Waals surface area contributed by atoms with Gasteiger partial charge in [0.25, 0.3) is 5.91 Å². The summed E-state index contributed by atoms with van der Waals surface area (Å²) < 4.78 is 43.6. The van der Waals surface area contributed by atoms with Gasteiger partial charge in [-0.3, -0.25) is 4.79 Å². The number of carbonyl (C=O) groups is 1. The van der Waals surface area contributed by atoms with E-state index in [1.807, 2.05) is 39.0 Å². The molecule has 2 aromatic rings. The third-order valence-corrected chi connectivity index (χ3v) is 7.29. The van der Waals surface area contributed by atoms with Crippen molar-refractivity contribution in [1.29, 1.82) is 0 Å². The molecule has 0 aliphatic carbocycles. The summed E-state index contributed by atoms with van der Waals surface area (Å²) >= 11 is 0. The number of amides is 1. The van der Waals surface area contributed by atoms with Gasteiger partial charge in [0.05, 0.1) is 24.7 Å². The van der Waals surface area contributed by atoms with Crippen molar-refractivity contribution < 1.29 is 27.4 Å². The minimum Gasteiger partial charge on any atom is -0.492 e. The molecule has 3 rings (SSSR count). The SMILES string of the molecule is CC[C@@H](Oc1cc(C)ccc1C)C(=O)NCCOc1ccc(S(=O)(=O)N2CCOCC2)cc1. The van der Waals surface area contributed by atoms with Crippen molar-refractivity contribution in [2.45, 2.75) is 38.2 Å². The normalized spacial score (nSPS) is 15.6. The molecule has 0 spiro atoms. The Morgan fingerprint density at radius 1 is 1.12 bits per heavy atom. The summed E-state index contributed by atoms with van der Waals surface area (Å²) in [6.45, 7) is 7.90. The summed E-state index contributed by atoms with van der Waals surface area (Å²) in [5.41, 5.74) is 2.05. The van der Waals surface area contributed by atoms with Crippen LogP contribution in [0.1, 0.15) is 24.5 Å². The maximum Gasteiger partial charge on any atom is 0.261 e. The maximum absolute atomic E-state index is 12.7. The first kappa shape index (κ1) is 25.0. The number of nitrogens with zero attached hydrogens (tertiary/aromatic N) is 1. The first-order valence-electron chi connectivity index (χ1n) is 11.1. The second-order valence-electron chi connectivity index (χ2n) is 7.91. The minimum atomic E-state index is -3.53. The lowest BCUT2D eigenvalue weighted by Crippen LogP contribution is -2.40. The first-order chi connectivity index (χ1) is 15.8. The van der Waals surface area contributed by atoms with Crippen LogP contribution in [0.15, 0.2) is 47.4 Å². The Morgan fingerprint density at radius 2 is 1.82 bits per heavy atom. The zero-order chi connectivity index (χ0) is 23.8. The zero-order valence-corrected chi connectivity index (χ0v) is 20.2. The molecule has 9 heteroatoms. The van der Waals surface area contributed by atoms with Crippen LogP contribution in [0.25, 0.3) is 0 Å². The molecule has 1 atom stereocenters. The highest BCUT2D eigenvalue weighted by Gasteiger charge is 2.26. The van der Waals surface area contributed by atoms with Gasteiger partial charge in [-0.25, -0.2) is 8.42 Å². The molecule has 1 aliphatic rings. The Labute approximate surface area is 195 Å². The average molecular weight is 477 g/mol. The molecule has 0 bridgehead atoms. The number of hydrogen-bond acceptors (Lipinski definition) is 6. The lowest BCUT2D eigenvalue weighted by molar-refractivity contribution is -0.128. The predicted molar refractivity (Wildman–Crippen MR) is 125 cm³/mol. The van der Waals surface area contributed by atoms with Crippen LogP contribution in [0, 0.1) is 13.8 Å². The average Bonchev–Trinajstić information content (AvgIpc) is 2.83. The van der Waals surface area contributed by atoms with Gasteiger partial charge < -0.3 is 19.5 Å². The standard InChI is InChI=1S/C24H32N2O6S/c1-4-22(32-23-17-18(2)5-6-19(23)3)24(27)25-11-14-31-20-7-9-21(10-8-20)33(28,29)26-12-15-30-16-13-26/h5-10,17,22H,4,11-16H2,1-3H3,(H,25,27)/t22-/m1/s1.